The fourth-order valence-electron chi connectivity index (χ4n) is 3.85. The lowest BCUT2D eigenvalue weighted by Gasteiger charge is -2.31. The van der Waals surface area contributed by atoms with Gasteiger partial charge in [-0.1, -0.05) is 6.07 Å². The second-order valence-corrected chi connectivity index (χ2v) is 8.12. The molecule has 1 aliphatic heterocycles. The first-order valence-corrected chi connectivity index (χ1v) is 10.7. The average molecular weight is 465 g/mol. The summed E-state index contributed by atoms with van der Waals surface area (Å²) < 4.78 is 50.6. The van der Waals surface area contributed by atoms with Gasteiger partial charge in [-0.3, -0.25) is 0 Å². The van der Waals surface area contributed by atoms with Crippen molar-refractivity contribution >= 4 is 17.4 Å². The van der Waals surface area contributed by atoms with E-state index in [0.29, 0.717) is 32.0 Å². The normalized spacial score (nSPS) is 16.4. The lowest BCUT2D eigenvalue weighted by atomic mass is 10.1. The van der Waals surface area contributed by atoms with E-state index < -0.39 is 17.8 Å². The predicted octanol–water partition coefficient (Wildman–Crippen LogP) is 4.45. The van der Waals surface area contributed by atoms with E-state index in [4.69, 9.17) is 9.47 Å². The van der Waals surface area contributed by atoms with Gasteiger partial charge in [-0.25, -0.2) is 4.79 Å². The van der Waals surface area contributed by atoms with E-state index in [1.54, 1.807) is 17.0 Å². The van der Waals surface area contributed by atoms with E-state index in [9.17, 15) is 23.1 Å². The standard InChI is InChI=1S/C23H26F3N3O4/c1-32-21-12-15(2-7-20(21)30)14-29(17-4-5-17)22(31)27-18-13-16(23(24,25)26)3-6-19(18)28-8-10-33-11-9-28/h2-3,6-7,12-13,17,30H,4-5,8-11,14H2,1H3,(H,27,31). The minimum atomic E-state index is -4.53. The highest BCUT2D eigenvalue weighted by Crippen LogP contribution is 2.37. The number of alkyl halides is 3. The fourth-order valence-corrected chi connectivity index (χ4v) is 3.85. The molecule has 0 atom stereocenters. The van der Waals surface area contributed by atoms with Crippen LogP contribution in [-0.2, 0) is 17.5 Å². The number of methoxy groups -OCH3 is 1. The molecule has 7 nitrogen and oxygen atoms in total. The van der Waals surface area contributed by atoms with Crippen LogP contribution in [0.3, 0.4) is 0 Å². The number of nitrogens with one attached hydrogen (secondary N) is 1. The van der Waals surface area contributed by atoms with Crippen molar-refractivity contribution in [1.82, 2.24) is 4.90 Å². The van der Waals surface area contributed by atoms with Gasteiger partial charge in [-0.2, -0.15) is 13.2 Å². The van der Waals surface area contributed by atoms with Crippen LogP contribution >= 0.6 is 0 Å². The van der Waals surface area contributed by atoms with Crippen LogP contribution < -0.4 is 15.0 Å². The zero-order chi connectivity index (χ0) is 23.6. The Morgan fingerprint density at radius 3 is 2.58 bits per heavy atom. The topological polar surface area (TPSA) is 74.3 Å². The van der Waals surface area contributed by atoms with Crippen molar-refractivity contribution in [2.75, 3.05) is 43.6 Å². The largest absolute Gasteiger partial charge is 0.504 e. The average Bonchev–Trinajstić information content (AvgIpc) is 3.63. The molecule has 10 heteroatoms. The number of phenolic OH excluding ortho intramolecular Hbond substituents is 1. The first-order valence-electron chi connectivity index (χ1n) is 10.7. The number of urea groups is 1. The summed E-state index contributed by atoms with van der Waals surface area (Å²) in [6.45, 7) is 2.21. The molecule has 2 N–H and O–H groups in total. The van der Waals surface area contributed by atoms with Gasteiger partial charge in [0.2, 0.25) is 0 Å². The number of benzene rings is 2. The van der Waals surface area contributed by atoms with Gasteiger partial charge in [0.1, 0.15) is 0 Å². The molecule has 178 valence electrons. The maximum atomic E-state index is 13.4. The Morgan fingerprint density at radius 2 is 1.94 bits per heavy atom. The molecule has 0 unspecified atom stereocenters. The van der Waals surface area contributed by atoms with E-state index in [1.807, 2.05) is 4.90 Å². The molecule has 33 heavy (non-hydrogen) atoms. The summed E-state index contributed by atoms with van der Waals surface area (Å²) in [5.41, 5.74) is 0.563. The number of hydrogen-bond acceptors (Lipinski definition) is 5. The number of amides is 2. The monoisotopic (exact) mass is 465 g/mol. The van der Waals surface area contributed by atoms with Gasteiger partial charge in [-0.15, -0.1) is 0 Å². The van der Waals surface area contributed by atoms with E-state index in [-0.39, 0.29) is 29.8 Å². The molecule has 2 fully saturated rings. The zero-order valence-corrected chi connectivity index (χ0v) is 18.2. The molecular weight excluding hydrogens is 439 g/mol. The quantitative estimate of drug-likeness (QED) is 0.659. The van der Waals surface area contributed by atoms with Gasteiger partial charge >= 0.3 is 12.2 Å². The first kappa shape index (κ1) is 23.0. The SMILES string of the molecule is COc1cc(CN(C(=O)Nc2cc(C(F)(F)F)ccc2N2CCOCC2)C2CC2)ccc1O. The van der Waals surface area contributed by atoms with Crippen LogP contribution in [0.2, 0.25) is 0 Å². The number of carbonyl (C=O) groups excluding carboxylic acids is 1. The van der Waals surface area contributed by atoms with E-state index in [2.05, 4.69) is 5.32 Å². The Hall–Kier alpha value is -3.14. The number of carbonyl (C=O) groups is 1. The molecule has 1 aliphatic carbocycles. The first-order chi connectivity index (χ1) is 15.8. The zero-order valence-electron chi connectivity index (χ0n) is 18.2. The summed E-state index contributed by atoms with van der Waals surface area (Å²) in [4.78, 5) is 16.7. The smallest absolute Gasteiger partial charge is 0.416 e. The van der Waals surface area contributed by atoms with Crippen LogP contribution in [0.4, 0.5) is 29.3 Å². The summed E-state index contributed by atoms with van der Waals surface area (Å²) in [6, 6.07) is 7.75. The Kier molecular flexibility index (Phi) is 6.55. The van der Waals surface area contributed by atoms with Crippen molar-refractivity contribution in [3.63, 3.8) is 0 Å². The van der Waals surface area contributed by atoms with Gasteiger partial charge in [-0.05, 0) is 48.7 Å². The maximum Gasteiger partial charge on any atom is 0.416 e. The number of anilines is 2. The molecule has 2 amide bonds. The molecule has 0 spiro atoms. The van der Waals surface area contributed by atoms with Gasteiger partial charge in [0.05, 0.1) is 37.3 Å². The van der Waals surface area contributed by atoms with Crippen LogP contribution in [0.15, 0.2) is 36.4 Å². The lowest BCUT2D eigenvalue weighted by molar-refractivity contribution is -0.137. The van der Waals surface area contributed by atoms with Crippen LogP contribution in [0.5, 0.6) is 11.5 Å². The molecule has 1 heterocycles. The number of nitrogens with zero attached hydrogens (tertiary/aromatic N) is 2. The van der Waals surface area contributed by atoms with Crippen molar-refractivity contribution in [2.24, 2.45) is 0 Å². The number of phenols is 1. The summed E-state index contributed by atoms with van der Waals surface area (Å²) in [7, 11) is 1.44. The summed E-state index contributed by atoms with van der Waals surface area (Å²) in [5, 5.41) is 12.5. The van der Waals surface area contributed by atoms with Crippen molar-refractivity contribution < 1.29 is 32.5 Å². The molecule has 1 saturated carbocycles. The third kappa shape index (κ3) is 5.44. The number of ether oxygens (including phenoxy) is 2. The highest BCUT2D eigenvalue weighted by atomic mass is 19.4. The Bertz CT molecular complexity index is 1000. The fraction of sp³-hybridized carbons (Fsp3) is 0.435. The van der Waals surface area contributed by atoms with Crippen molar-refractivity contribution in [1.29, 1.82) is 0 Å². The molecular formula is C23H26F3N3O4. The van der Waals surface area contributed by atoms with Gasteiger partial charge in [0, 0.05) is 25.7 Å². The summed E-state index contributed by atoms with van der Waals surface area (Å²) in [6.07, 6.45) is -2.88. The number of aromatic hydroxyl groups is 1. The highest BCUT2D eigenvalue weighted by Gasteiger charge is 2.35. The van der Waals surface area contributed by atoms with Gasteiger partial charge in [0.15, 0.2) is 11.5 Å². The predicted molar refractivity (Wildman–Crippen MR) is 117 cm³/mol. The number of rotatable bonds is 6. The summed E-state index contributed by atoms with van der Waals surface area (Å²) in [5.74, 6) is 0.277. The van der Waals surface area contributed by atoms with Crippen LogP contribution in [0.25, 0.3) is 0 Å². The van der Waals surface area contributed by atoms with Crippen LogP contribution in [-0.4, -0.2) is 55.5 Å². The van der Waals surface area contributed by atoms with E-state index >= 15 is 0 Å². The Morgan fingerprint density at radius 1 is 1.21 bits per heavy atom. The van der Waals surface area contributed by atoms with Gasteiger partial charge < -0.3 is 29.7 Å². The molecule has 0 bridgehead atoms. The van der Waals surface area contributed by atoms with E-state index in [1.165, 1.54) is 19.2 Å². The third-order valence-electron chi connectivity index (χ3n) is 5.76. The Balaban J connectivity index is 1.59. The van der Waals surface area contributed by atoms with Crippen molar-refractivity contribution in [2.45, 2.75) is 31.6 Å². The number of morpholine rings is 1. The minimum absolute atomic E-state index is 0.00225. The van der Waals surface area contributed by atoms with Crippen LogP contribution in [0, 0.1) is 0 Å². The molecule has 2 aliphatic rings. The lowest BCUT2D eigenvalue weighted by Crippen LogP contribution is -2.39. The molecule has 2 aromatic carbocycles. The number of halogens is 3. The molecule has 2 aromatic rings. The van der Waals surface area contributed by atoms with Gasteiger partial charge in [0.25, 0.3) is 0 Å². The molecule has 0 radical (unpaired) electrons. The minimum Gasteiger partial charge on any atom is -0.504 e. The second-order valence-electron chi connectivity index (χ2n) is 8.12. The second kappa shape index (κ2) is 9.38. The Labute approximate surface area is 189 Å². The van der Waals surface area contributed by atoms with Crippen molar-refractivity contribution in [3.05, 3.63) is 47.5 Å². The maximum absolute atomic E-state index is 13.4. The molecule has 0 aromatic heterocycles. The third-order valence-corrected chi connectivity index (χ3v) is 5.76. The molecule has 1 saturated heterocycles. The summed E-state index contributed by atoms with van der Waals surface area (Å²) >= 11 is 0. The van der Waals surface area contributed by atoms with E-state index in [0.717, 1.165) is 30.5 Å². The highest BCUT2D eigenvalue weighted by molar-refractivity contribution is 5.94. The van der Waals surface area contributed by atoms with Crippen molar-refractivity contribution in [3.8, 4) is 11.5 Å². The van der Waals surface area contributed by atoms with Crippen LogP contribution in [0.1, 0.15) is 24.0 Å². The number of hydrogen-bond donors (Lipinski definition) is 2. The molecule has 4 rings (SSSR count).